The third-order valence-corrected chi connectivity index (χ3v) is 1.21. The predicted octanol–water partition coefficient (Wildman–Crippen LogP) is -2.29. The Hall–Kier alpha value is -0.197. The van der Waals surface area contributed by atoms with Gasteiger partial charge in [-0.1, -0.05) is 30.9 Å². The molecule has 72 valence electrons. The zero-order valence-corrected chi connectivity index (χ0v) is 11.7. The average Bonchev–Trinajstić information content (AvgIpc) is 1.89. The summed E-state index contributed by atoms with van der Waals surface area (Å²) < 4.78 is 0.539. The molecule has 0 unspecified atom stereocenters. The first-order chi connectivity index (χ1) is 5.60. The van der Waals surface area contributed by atoms with Crippen LogP contribution in [0.3, 0.4) is 0 Å². The Balaban J connectivity index is -0.0000000501. The van der Waals surface area contributed by atoms with Gasteiger partial charge in [-0.25, -0.2) is 0 Å². The second kappa shape index (κ2) is 29.8. The van der Waals surface area contributed by atoms with Gasteiger partial charge >= 0.3 is 19.5 Å². The van der Waals surface area contributed by atoms with Gasteiger partial charge in [0.15, 0.2) is 0 Å². The van der Waals surface area contributed by atoms with Gasteiger partial charge in [0.1, 0.15) is 4.32 Å². The summed E-state index contributed by atoms with van der Waals surface area (Å²) in [6.07, 6.45) is 0. The van der Waals surface area contributed by atoms with Crippen molar-refractivity contribution in [2.45, 2.75) is 6.92 Å². The molecule has 0 rings (SSSR count). The van der Waals surface area contributed by atoms with E-state index >= 15 is 0 Å². The summed E-state index contributed by atoms with van der Waals surface area (Å²) in [6, 6.07) is 0. The number of carboxylic acid groups (broad SMARTS) is 2. The Bertz CT molecular complexity index is 119. The van der Waals surface area contributed by atoms with Crippen LogP contribution in [0.15, 0.2) is 0 Å². The van der Waals surface area contributed by atoms with E-state index < -0.39 is 12.9 Å². The molecule has 0 aliphatic heterocycles. The number of nitrogens with two attached hydrogens (primary N) is 1. The van der Waals surface area contributed by atoms with Crippen LogP contribution in [0.1, 0.15) is 6.92 Å². The molecule has 0 heterocycles. The number of thiocarbonyl (C=S) groups is 1. The quantitative estimate of drug-likeness (QED) is 0.326. The first kappa shape index (κ1) is 23.0. The molecule has 0 amide bonds. The molecule has 5 nitrogen and oxygen atoms in total. The molecule has 0 aliphatic carbocycles. The molecule has 2 N–H and O–H groups in total. The zero-order chi connectivity index (χ0) is 10.4. The van der Waals surface area contributed by atoms with Crippen molar-refractivity contribution < 1.29 is 39.3 Å². The minimum Gasteiger partial charge on any atom is -0.554 e. The number of carbonyl (C=O) groups is 2. The van der Waals surface area contributed by atoms with Crippen LogP contribution >= 0.6 is 24.0 Å². The van der Waals surface area contributed by atoms with E-state index in [4.69, 9.17) is 25.5 Å². The molecule has 0 radical (unpaired) electrons. The summed E-state index contributed by atoms with van der Waals surface area (Å²) in [4.78, 5) is 16.5. The number of hydrogen-bond donors (Lipinski definition) is 1. The van der Waals surface area contributed by atoms with E-state index in [9.17, 15) is 0 Å². The van der Waals surface area contributed by atoms with Gasteiger partial charge in [0.2, 0.25) is 0 Å². The van der Waals surface area contributed by atoms with Crippen molar-refractivity contribution in [2.24, 2.45) is 5.73 Å². The molecule has 0 aromatic heterocycles. The van der Waals surface area contributed by atoms with Crippen LogP contribution < -0.4 is 15.9 Å². The summed E-state index contributed by atoms with van der Waals surface area (Å²) in [6.45, 7) is 1.02. The topological polar surface area (TPSA) is 106 Å². The zero-order valence-electron chi connectivity index (χ0n) is 7.10. The second-order valence-corrected chi connectivity index (χ2v) is 2.95. The standard InChI is InChI=1S/C3H7NS2.2CH2O2.Zn/c1-2-6-3(4)5;2*2-1-3;/h2H2,1H3,(H2,4,5);2*1H,(H,2,3);/q;;;+2/p-2. The van der Waals surface area contributed by atoms with Crippen molar-refractivity contribution in [2.75, 3.05) is 5.75 Å². The van der Waals surface area contributed by atoms with Crippen LogP contribution in [-0.4, -0.2) is 23.0 Å². The van der Waals surface area contributed by atoms with Crippen molar-refractivity contribution >= 4 is 41.2 Å². The van der Waals surface area contributed by atoms with E-state index in [1.165, 1.54) is 11.8 Å². The Morgan fingerprint density at radius 3 is 1.69 bits per heavy atom. The smallest absolute Gasteiger partial charge is 0.554 e. The second-order valence-electron chi connectivity index (χ2n) is 0.944. The molecule has 0 aromatic carbocycles. The Morgan fingerprint density at radius 2 is 1.69 bits per heavy atom. The summed E-state index contributed by atoms with van der Waals surface area (Å²) in [5, 5.41) is 16.5. The normalized spacial score (nSPS) is 5.62. The number of thioether (sulfide) groups is 1. The van der Waals surface area contributed by atoms with Gasteiger partial charge in [0, 0.05) is 12.9 Å². The minimum absolute atomic E-state index is 0. The SMILES string of the molecule is CCSC(N)=S.O=C[O-].O=C[O-].[Zn+2]. The number of hydrogen-bond acceptors (Lipinski definition) is 6. The van der Waals surface area contributed by atoms with Crippen LogP contribution in [0.2, 0.25) is 0 Å². The molecule has 0 saturated heterocycles. The van der Waals surface area contributed by atoms with Gasteiger partial charge < -0.3 is 25.5 Å². The molecule has 0 spiro atoms. The van der Waals surface area contributed by atoms with Gasteiger partial charge in [-0.15, -0.1) is 0 Å². The molecular formula is C5H9NO4S2Zn. The summed E-state index contributed by atoms with van der Waals surface area (Å²) >= 11 is 6.03. The maximum atomic E-state index is 8.25. The molecule has 0 atom stereocenters. The molecule has 0 saturated carbocycles. The van der Waals surface area contributed by atoms with E-state index in [0.29, 0.717) is 4.32 Å². The van der Waals surface area contributed by atoms with Crippen LogP contribution in [0.5, 0.6) is 0 Å². The molecule has 0 aliphatic rings. The maximum Gasteiger partial charge on any atom is 2.00 e. The van der Waals surface area contributed by atoms with Crippen LogP contribution in [0, 0.1) is 0 Å². The Morgan fingerprint density at radius 1 is 1.46 bits per heavy atom. The Kier molecular flexibility index (Phi) is 52.7. The van der Waals surface area contributed by atoms with Crippen molar-refractivity contribution in [1.82, 2.24) is 0 Å². The maximum absolute atomic E-state index is 8.25. The monoisotopic (exact) mass is 275 g/mol. The predicted molar refractivity (Wildman–Crippen MR) is 47.0 cm³/mol. The largest absolute Gasteiger partial charge is 2.00 e. The van der Waals surface area contributed by atoms with E-state index in [-0.39, 0.29) is 19.5 Å². The van der Waals surface area contributed by atoms with Crippen LogP contribution in [0.25, 0.3) is 0 Å². The van der Waals surface area contributed by atoms with Crippen molar-refractivity contribution in [3.05, 3.63) is 0 Å². The third-order valence-electron chi connectivity index (χ3n) is 0.287. The third kappa shape index (κ3) is 144. The fourth-order valence-electron chi connectivity index (χ4n) is 0.142. The van der Waals surface area contributed by atoms with Gasteiger partial charge in [-0.3, -0.25) is 0 Å². The average molecular weight is 277 g/mol. The first-order valence-corrected chi connectivity index (χ1v) is 4.03. The van der Waals surface area contributed by atoms with Crippen molar-refractivity contribution in [3.63, 3.8) is 0 Å². The number of carbonyl (C=O) groups excluding carboxylic acids is 2. The van der Waals surface area contributed by atoms with E-state index in [2.05, 4.69) is 12.2 Å². The first-order valence-electron chi connectivity index (χ1n) is 2.64. The molecular weight excluding hydrogens is 268 g/mol. The van der Waals surface area contributed by atoms with Crippen molar-refractivity contribution in [1.29, 1.82) is 0 Å². The minimum atomic E-state index is -0.500. The van der Waals surface area contributed by atoms with Gasteiger partial charge in [0.05, 0.1) is 0 Å². The molecule has 0 bridgehead atoms. The van der Waals surface area contributed by atoms with Gasteiger partial charge in [0.25, 0.3) is 0 Å². The Labute approximate surface area is 98.8 Å². The molecule has 0 fully saturated rings. The van der Waals surface area contributed by atoms with E-state index in [0.717, 1.165) is 5.75 Å². The van der Waals surface area contributed by atoms with E-state index in [1.807, 2.05) is 6.92 Å². The number of rotatable bonds is 1. The van der Waals surface area contributed by atoms with E-state index in [1.54, 1.807) is 0 Å². The summed E-state index contributed by atoms with van der Waals surface area (Å²) in [5.41, 5.74) is 5.10. The summed E-state index contributed by atoms with van der Waals surface area (Å²) in [7, 11) is 0. The fraction of sp³-hybridized carbons (Fsp3) is 0.400. The fourth-order valence-corrected chi connectivity index (χ4v) is 0.780. The van der Waals surface area contributed by atoms with Crippen LogP contribution in [-0.2, 0) is 29.1 Å². The molecule has 8 heteroatoms. The molecule has 0 aromatic rings. The van der Waals surface area contributed by atoms with Gasteiger partial charge in [-0.2, -0.15) is 0 Å². The van der Waals surface area contributed by atoms with Crippen molar-refractivity contribution in [3.8, 4) is 0 Å². The van der Waals surface area contributed by atoms with Gasteiger partial charge in [-0.05, 0) is 5.75 Å². The van der Waals surface area contributed by atoms with Crippen LogP contribution in [0.4, 0.5) is 0 Å². The molecule has 13 heavy (non-hydrogen) atoms. The summed E-state index contributed by atoms with van der Waals surface area (Å²) in [5.74, 6) is 0.981.